The Morgan fingerprint density at radius 3 is 2.86 bits per heavy atom. The molecule has 2 nitrogen and oxygen atoms in total. The van der Waals surface area contributed by atoms with Crippen LogP contribution in [0, 0.1) is 5.95 Å². The standard InChI is InChI=1S/C10H12BrFN2/c11-8-5-9(10(12)14-6-8)7-1-3-13-4-2-7/h5-7,13H,1-4H2. The first kappa shape index (κ1) is 10.1. The topological polar surface area (TPSA) is 24.9 Å². The number of pyridine rings is 1. The Bertz CT molecular complexity index is 324. The second-order valence-corrected chi connectivity index (χ2v) is 4.47. The molecule has 76 valence electrons. The van der Waals surface area contributed by atoms with Gasteiger partial charge in [0.05, 0.1) is 0 Å². The number of piperidine rings is 1. The van der Waals surface area contributed by atoms with Crippen molar-refractivity contribution in [3.8, 4) is 0 Å². The van der Waals surface area contributed by atoms with Crippen LogP contribution < -0.4 is 5.32 Å². The highest BCUT2D eigenvalue weighted by Gasteiger charge is 2.19. The number of halogens is 2. The number of rotatable bonds is 1. The van der Waals surface area contributed by atoms with Gasteiger partial charge in [0, 0.05) is 16.2 Å². The van der Waals surface area contributed by atoms with Gasteiger partial charge in [-0.25, -0.2) is 4.98 Å². The SMILES string of the molecule is Fc1ncc(Br)cc1C1CCNCC1. The van der Waals surface area contributed by atoms with Crippen molar-refractivity contribution in [2.75, 3.05) is 13.1 Å². The molecule has 1 aliphatic rings. The van der Waals surface area contributed by atoms with Crippen LogP contribution >= 0.6 is 15.9 Å². The maximum atomic E-state index is 13.4. The molecular weight excluding hydrogens is 247 g/mol. The van der Waals surface area contributed by atoms with Gasteiger partial charge in [-0.1, -0.05) is 0 Å². The van der Waals surface area contributed by atoms with Crippen LogP contribution in [0.3, 0.4) is 0 Å². The Balaban J connectivity index is 2.24. The summed E-state index contributed by atoms with van der Waals surface area (Å²) in [6.45, 7) is 1.94. The minimum atomic E-state index is -0.319. The van der Waals surface area contributed by atoms with Crippen molar-refractivity contribution in [2.45, 2.75) is 18.8 Å². The van der Waals surface area contributed by atoms with E-state index in [-0.39, 0.29) is 5.95 Å². The Kier molecular flexibility index (Phi) is 3.13. The lowest BCUT2D eigenvalue weighted by Gasteiger charge is -2.22. The molecule has 1 aliphatic heterocycles. The van der Waals surface area contributed by atoms with E-state index in [0.29, 0.717) is 5.92 Å². The zero-order chi connectivity index (χ0) is 9.97. The van der Waals surface area contributed by atoms with E-state index < -0.39 is 0 Å². The molecule has 0 aromatic carbocycles. The maximum absolute atomic E-state index is 13.4. The van der Waals surface area contributed by atoms with E-state index in [2.05, 4.69) is 26.2 Å². The Labute approximate surface area is 91.1 Å². The number of hydrogen-bond donors (Lipinski definition) is 1. The van der Waals surface area contributed by atoms with E-state index >= 15 is 0 Å². The molecule has 2 rings (SSSR count). The second-order valence-electron chi connectivity index (χ2n) is 3.56. The van der Waals surface area contributed by atoms with Crippen LogP contribution in [0.5, 0.6) is 0 Å². The largest absolute Gasteiger partial charge is 0.317 e. The molecule has 14 heavy (non-hydrogen) atoms. The highest BCUT2D eigenvalue weighted by molar-refractivity contribution is 9.10. The molecule has 2 heterocycles. The van der Waals surface area contributed by atoms with Gasteiger partial charge in [-0.3, -0.25) is 0 Å². The van der Waals surface area contributed by atoms with E-state index in [1.54, 1.807) is 0 Å². The van der Waals surface area contributed by atoms with Crippen molar-refractivity contribution in [3.63, 3.8) is 0 Å². The van der Waals surface area contributed by atoms with Gasteiger partial charge < -0.3 is 5.32 Å². The van der Waals surface area contributed by atoms with Crippen molar-refractivity contribution in [1.29, 1.82) is 0 Å². The molecule has 1 N–H and O–H groups in total. The van der Waals surface area contributed by atoms with Gasteiger partial charge in [-0.15, -0.1) is 0 Å². The van der Waals surface area contributed by atoms with Crippen LogP contribution in [0.2, 0.25) is 0 Å². The lowest BCUT2D eigenvalue weighted by molar-refractivity contribution is 0.438. The summed E-state index contributed by atoms with van der Waals surface area (Å²) in [5.41, 5.74) is 0.751. The van der Waals surface area contributed by atoms with Gasteiger partial charge in [0.1, 0.15) is 0 Å². The highest BCUT2D eigenvalue weighted by atomic mass is 79.9. The molecule has 4 heteroatoms. The fourth-order valence-electron chi connectivity index (χ4n) is 1.86. The van der Waals surface area contributed by atoms with Crippen molar-refractivity contribution >= 4 is 15.9 Å². The summed E-state index contributed by atoms with van der Waals surface area (Å²) in [5.74, 6) is 0.00125. The van der Waals surface area contributed by atoms with E-state index in [4.69, 9.17) is 0 Å². The van der Waals surface area contributed by atoms with Crippen LogP contribution in [0.15, 0.2) is 16.7 Å². The van der Waals surface area contributed by atoms with Gasteiger partial charge in [0.25, 0.3) is 0 Å². The van der Waals surface area contributed by atoms with Crippen LogP contribution in [0.25, 0.3) is 0 Å². The van der Waals surface area contributed by atoms with Gasteiger partial charge in [-0.05, 0) is 53.8 Å². The molecule has 1 saturated heterocycles. The summed E-state index contributed by atoms with van der Waals surface area (Å²) in [6, 6.07) is 1.85. The van der Waals surface area contributed by atoms with Crippen LogP contribution in [-0.4, -0.2) is 18.1 Å². The van der Waals surface area contributed by atoms with Crippen molar-refractivity contribution in [1.82, 2.24) is 10.3 Å². The molecule has 0 unspecified atom stereocenters. The highest BCUT2D eigenvalue weighted by Crippen LogP contribution is 2.28. The normalized spacial score (nSPS) is 18.4. The van der Waals surface area contributed by atoms with Crippen LogP contribution in [0.1, 0.15) is 24.3 Å². The molecule has 0 atom stereocenters. The fourth-order valence-corrected chi connectivity index (χ4v) is 2.21. The molecule has 0 amide bonds. The third-order valence-corrected chi connectivity index (χ3v) is 3.05. The van der Waals surface area contributed by atoms with Gasteiger partial charge in [0.15, 0.2) is 0 Å². The quantitative estimate of drug-likeness (QED) is 0.783. The lowest BCUT2D eigenvalue weighted by Crippen LogP contribution is -2.27. The van der Waals surface area contributed by atoms with Gasteiger partial charge >= 0.3 is 0 Å². The maximum Gasteiger partial charge on any atom is 0.216 e. The minimum absolute atomic E-state index is 0.319. The van der Waals surface area contributed by atoms with Crippen molar-refractivity contribution in [3.05, 3.63) is 28.2 Å². The predicted octanol–water partition coefficient (Wildman–Crippen LogP) is 2.45. The predicted molar refractivity (Wildman–Crippen MR) is 56.7 cm³/mol. The molecule has 0 bridgehead atoms. The number of hydrogen-bond acceptors (Lipinski definition) is 2. The Hall–Kier alpha value is -0.480. The van der Waals surface area contributed by atoms with Crippen LogP contribution in [-0.2, 0) is 0 Å². The number of aromatic nitrogens is 1. The molecule has 1 aromatic heterocycles. The summed E-state index contributed by atoms with van der Waals surface area (Å²) in [6.07, 6.45) is 3.49. The van der Waals surface area contributed by atoms with Crippen LogP contribution in [0.4, 0.5) is 4.39 Å². The molecule has 0 radical (unpaired) electrons. The summed E-state index contributed by atoms with van der Waals surface area (Å²) in [4.78, 5) is 3.72. The zero-order valence-electron chi connectivity index (χ0n) is 7.76. The van der Waals surface area contributed by atoms with Crippen molar-refractivity contribution < 1.29 is 4.39 Å². The average molecular weight is 259 g/mol. The molecular formula is C10H12BrFN2. The van der Waals surface area contributed by atoms with E-state index in [0.717, 1.165) is 36.0 Å². The first-order valence-corrected chi connectivity index (χ1v) is 5.58. The first-order valence-electron chi connectivity index (χ1n) is 4.79. The van der Waals surface area contributed by atoms with E-state index in [1.807, 2.05) is 6.07 Å². The minimum Gasteiger partial charge on any atom is -0.317 e. The third-order valence-electron chi connectivity index (χ3n) is 2.61. The Morgan fingerprint density at radius 1 is 1.43 bits per heavy atom. The summed E-state index contributed by atoms with van der Waals surface area (Å²) < 4.78 is 14.3. The van der Waals surface area contributed by atoms with E-state index in [1.165, 1.54) is 6.20 Å². The van der Waals surface area contributed by atoms with Crippen molar-refractivity contribution in [2.24, 2.45) is 0 Å². The monoisotopic (exact) mass is 258 g/mol. The summed E-state index contributed by atoms with van der Waals surface area (Å²) >= 11 is 3.32. The second kappa shape index (κ2) is 4.36. The van der Waals surface area contributed by atoms with E-state index in [9.17, 15) is 4.39 Å². The fraction of sp³-hybridized carbons (Fsp3) is 0.500. The average Bonchev–Trinajstić information content (AvgIpc) is 2.23. The molecule has 0 saturated carbocycles. The molecule has 1 aromatic rings. The lowest BCUT2D eigenvalue weighted by atomic mass is 9.91. The number of nitrogens with zero attached hydrogens (tertiary/aromatic N) is 1. The molecule has 0 aliphatic carbocycles. The van der Waals surface area contributed by atoms with Gasteiger partial charge in [-0.2, -0.15) is 4.39 Å². The van der Waals surface area contributed by atoms with Gasteiger partial charge in [0.2, 0.25) is 5.95 Å². The molecule has 1 fully saturated rings. The smallest absolute Gasteiger partial charge is 0.216 e. The Morgan fingerprint density at radius 2 is 2.14 bits per heavy atom. The number of nitrogens with one attached hydrogen (secondary N) is 1. The third kappa shape index (κ3) is 2.12. The summed E-state index contributed by atoms with van der Waals surface area (Å²) in [5, 5.41) is 3.26. The summed E-state index contributed by atoms with van der Waals surface area (Å²) in [7, 11) is 0. The zero-order valence-corrected chi connectivity index (χ0v) is 9.35. The first-order chi connectivity index (χ1) is 6.77. The molecule has 0 spiro atoms.